The molecule has 5 nitrogen and oxygen atoms in total. The third-order valence-electron chi connectivity index (χ3n) is 4.00. The van der Waals surface area contributed by atoms with Gasteiger partial charge in [0.1, 0.15) is 11.6 Å². The lowest BCUT2D eigenvalue weighted by atomic mass is 10.0. The third kappa shape index (κ3) is 4.16. The van der Waals surface area contributed by atoms with Crippen molar-refractivity contribution in [1.82, 2.24) is 0 Å². The van der Waals surface area contributed by atoms with Crippen LogP contribution in [0.3, 0.4) is 0 Å². The van der Waals surface area contributed by atoms with Crippen molar-refractivity contribution < 1.29 is 28.6 Å². The number of benzene rings is 1. The van der Waals surface area contributed by atoms with Gasteiger partial charge in [0, 0.05) is 28.7 Å². The molecule has 2 rings (SSSR count). The van der Waals surface area contributed by atoms with Crippen LogP contribution in [0.5, 0.6) is 5.75 Å². The molecule has 0 spiro atoms. The van der Waals surface area contributed by atoms with Crippen LogP contribution in [-0.4, -0.2) is 37.7 Å². The van der Waals surface area contributed by atoms with E-state index in [4.69, 9.17) is 9.84 Å². The molecule has 0 aliphatic carbocycles. The number of methoxy groups -OCH3 is 2. The zero-order valence-electron chi connectivity index (χ0n) is 14.4. The van der Waals surface area contributed by atoms with Gasteiger partial charge < -0.3 is 14.6 Å². The van der Waals surface area contributed by atoms with Gasteiger partial charge in [0.05, 0.1) is 25.0 Å². The Morgan fingerprint density at radius 2 is 2.04 bits per heavy atom. The molecule has 7 heteroatoms. The molecular formula is C18H21FO5S. The molecule has 0 fully saturated rings. The van der Waals surface area contributed by atoms with Crippen LogP contribution in [0.4, 0.5) is 4.39 Å². The van der Waals surface area contributed by atoms with Crippen LogP contribution < -0.4 is 4.74 Å². The summed E-state index contributed by atoms with van der Waals surface area (Å²) in [6, 6.07) is 3.22. The van der Waals surface area contributed by atoms with E-state index in [1.54, 1.807) is 13.0 Å². The maximum atomic E-state index is 14.8. The minimum Gasteiger partial charge on any atom is -0.496 e. The van der Waals surface area contributed by atoms with E-state index in [1.165, 1.54) is 31.6 Å². The number of Topliss-reactive ketones (excluding diaryl/α,β-unsaturated/α-hetero) is 1. The Bertz CT molecular complexity index is 783. The number of hydrogen-bond acceptors (Lipinski definition) is 6. The van der Waals surface area contributed by atoms with Gasteiger partial charge in [-0.1, -0.05) is 6.92 Å². The molecule has 25 heavy (non-hydrogen) atoms. The number of rotatable bonds is 8. The topological polar surface area (TPSA) is 72.8 Å². The van der Waals surface area contributed by atoms with Crippen LogP contribution in [0.2, 0.25) is 0 Å². The van der Waals surface area contributed by atoms with Crippen molar-refractivity contribution in [2.45, 2.75) is 26.2 Å². The summed E-state index contributed by atoms with van der Waals surface area (Å²) in [5.41, 5.74) is 0.392. The molecule has 1 aromatic heterocycles. The lowest BCUT2D eigenvalue weighted by Crippen LogP contribution is -2.16. The first-order valence-corrected chi connectivity index (χ1v) is 8.75. The molecule has 1 N–H and O–H groups in total. The van der Waals surface area contributed by atoms with Crippen LogP contribution in [-0.2, 0) is 16.0 Å². The van der Waals surface area contributed by atoms with Crippen LogP contribution in [0.1, 0.15) is 35.0 Å². The number of aliphatic hydroxyl groups is 1. The molecule has 0 aliphatic heterocycles. The number of halogens is 1. The molecule has 0 saturated carbocycles. The molecule has 0 amide bonds. The largest absolute Gasteiger partial charge is 0.496 e. The molecular weight excluding hydrogens is 347 g/mol. The predicted molar refractivity (Wildman–Crippen MR) is 93.9 cm³/mol. The van der Waals surface area contributed by atoms with Crippen molar-refractivity contribution in [2.24, 2.45) is 5.92 Å². The highest BCUT2D eigenvalue weighted by Gasteiger charge is 2.22. The zero-order valence-corrected chi connectivity index (χ0v) is 15.2. The number of ether oxygens (including phenoxy) is 2. The quantitative estimate of drug-likeness (QED) is 0.571. The lowest BCUT2D eigenvalue weighted by molar-refractivity contribution is -0.144. The predicted octanol–water partition coefficient (Wildman–Crippen LogP) is 3.36. The van der Waals surface area contributed by atoms with E-state index < -0.39 is 17.7 Å². The maximum absolute atomic E-state index is 14.8. The number of hydrogen-bond donors (Lipinski definition) is 1. The van der Waals surface area contributed by atoms with Gasteiger partial charge in [0.2, 0.25) is 0 Å². The molecule has 1 heterocycles. The molecule has 0 saturated heterocycles. The van der Waals surface area contributed by atoms with Crippen molar-refractivity contribution >= 4 is 33.2 Å². The second kappa shape index (κ2) is 8.40. The standard InChI is InChI=1S/C18H21FO5S/c1-10(18(22)24-3)7-13(21)16-8-12-15(25-16)9-14(23-2)11(17(12)19)5-4-6-20/h8-10,20H,4-7H2,1-3H3/t10-/m0/s1. The van der Waals surface area contributed by atoms with Gasteiger partial charge in [-0.25, -0.2) is 4.39 Å². The van der Waals surface area contributed by atoms with Crippen LogP contribution in [0.25, 0.3) is 10.1 Å². The SMILES string of the molecule is COC(=O)[C@@H](C)CC(=O)c1cc2c(F)c(CCCO)c(OC)cc2s1. The van der Waals surface area contributed by atoms with Gasteiger partial charge in [0.25, 0.3) is 0 Å². The lowest BCUT2D eigenvalue weighted by Gasteiger charge is -2.10. The molecule has 1 aromatic carbocycles. The average Bonchev–Trinajstić information content (AvgIpc) is 3.04. The Balaban J connectivity index is 2.37. The molecule has 0 radical (unpaired) electrons. The minimum absolute atomic E-state index is 0.00954. The minimum atomic E-state index is -0.554. The number of esters is 1. The second-order valence-electron chi connectivity index (χ2n) is 5.77. The van der Waals surface area contributed by atoms with Crippen molar-refractivity contribution in [2.75, 3.05) is 20.8 Å². The zero-order chi connectivity index (χ0) is 18.6. The van der Waals surface area contributed by atoms with E-state index in [0.29, 0.717) is 39.1 Å². The van der Waals surface area contributed by atoms with E-state index in [9.17, 15) is 14.0 Å². The van der Waals surface area contributed by atoms with Gasteiger partial charge in [0.15, 0.2) is 5.78 Å². The Morgan fingerprint density at radius 3 is 2.64 bits per heavy atom. The second-order valence-corrected chi connectivity index (χ2v) is 6.86. The smallest absolute Gasteiger partial charge is 0.308 e. The Hall–Kier alpha value is -1.99. The fraction of sp³-hybridized carbons (Fsp3) is 0.444. The van der Waals surface area contributed by atoms with Gasteiger partial charge in [-0.05, 0) is 25.0 Å². The monoisotopic (exact) mass is 368 g/mol. The normalized spacial score (nSPS) is 12.2. The fourth-order valence-electron chi connectivity index (χ4n) is 2.63. The molecule has 1 atom stereocenters. The van der Waals surface area contributed by atoms with Crippen LogP contribution in [0, 0.1) is 11.7 Å². The number of ketones is 1. The van der Waals surface area contributed by atoms with Crippen molar-refractivity contribution in [1.29, 1.82) is 0 Å². The fourth-order valence-corrected chi connectivity index (χ4v) is 3.67. The van der Waals surface area contributed by atoms with E-state index in [2.05, 4.69) is 4.74 Å². The number of carbonyl (C=O) groups excluding carboxylic acids is 2. The summed E-state index contributed by atoms with van der Waals surface area (Å²) < 4.78 is 25.3. The van der Waals surface area contributed by atoms with Gasteiger partial charge >= 0.3 is 5.97 Å². The van der Waals surface area contributed by atoms with E-state index in [1.807, 2.05) is 0 Å². The first-order chi connectivity index (χ1) is 11.9. The van der Waals surface area contributed by atoms with E-state index >= 15 is 0 Å². The van der Waals surface area contributed by atoms with E-state index in [-0.39, 0.29) is 18.8 Å². The van der Waals surface area contributed by atoms with Gasteiger partial charge in [-0.3, -0.25) is 9.59 Å². The Kier molecular flexibility index (Phi) is 6.50. The molecule has 136 valence electrons. The van der Waals surface area contributed by atoms with Crippen molar-refractivity contribution in [3.05, 3.63) is 28.4 Å². The van der Waals surface area contributed by atoms with E-state index in [0.717, 1.165) is 0 Å². The molecule has 2 aromatic rings. The number of carbonyl (C=O) groups is 2. The van der Waals surface area contributed by atoms with Crippen molar-refractivity contribution in [3.63, 3.8) is 0 Å². The summed E-state index contributed by atoms with van der Waals surface area (Å²) >= 11 is 1.17. The maximum Gasteiger partial charge on any atom is 0.308 e. The molecule has 0 bridgehead atoms. The van der Waals surface area contributed by atoms with Crippen LogP contribution >= 0.6 is 11.3 Å². The number of aliphatic hydroxyl groups excluding tert-OH is 1. The number of fused-ring (bicyclic) bond motifs is 1. The van der Waals surface area contributed by atoms with Crippen molar-refractivity contribution in [3.8, 4) is 5.75 Å². The Morgan fingerprint density at radius 1 is 1.32 bits per heavy atom. The molecule has 0 unspecified atom stereocenters. The first kappa shape index (κ1) is 19.3. The summed E-state index contributed by atoms with van der Waals surface area (Å²) in [6.45, 7) is 1.58. The number of thiophene rings is 1. The summed E-state index contributed by atoms with van der Waals surface area (Å²) in [5.74, 6) is -1.26. The highest BCUT2D eigenvalue weighted by molar-refractivity contribution is 7.20. The highest BCUT2D eigenvalue weighted by Crippen LogP contribution is 2.36. The third-order valence-corrected chi connectivity index (χ3v) is 5.12. The average molecular weight is 368 g/mol. The molecule has 0 aliphatic rings. The van der Waals surface area contributed by atoms with Crippen LogP contribution in [0.15, 0.2) is 12.1 Å². The van der Waals surface area contributed by atoms with Gasteiger partial charge in [-0.15, -0.1) is 11.3 Å². The highest BCUT2D eigenvalue weighted by atomic mass is 32.1. The first-order valence-electron chi connectivity index (χ1n) is 7.93. The Labute approximate surface area is 149 Å². The summed E-state index contributed by atoms with van der Waals surface area (Å²) in [4.78, 5) is 24.2. The summed E-state index contributed by atoms with van der Waals surface area (Å²) in [6.07, 6.45) is 0.779. The summed E-state index contributed by atoms with van der Waals surface area (Å²) in [7, 11) is 2.74. The summed E-state index contributed by atoms with van der Waals surface area (Å²) in [5, 5.41) is 9.33. The van der Waals surface area contributed by atoms with Gasteiger partial charge in [-0.2, -0.15) is 0 Å².